The summed E-state index contributed by atoms with van der Waals surface area (Å²) in [7, 11) is 0. The molecule has 2 amide bonds. The van der Waals surface area contributed by atoms with Gasteiger partial charge in [-0.05, 0) is 123 Å². The molecule has 6 heterocycles. The van der Waals surface area contributed by atoms with E-state index in [1.807, 2.05) is 112 Å². The van der Waals surface area contributed by atoms with Gasteiger partial charge in [0.05, 0.1) is 56.0 Å². The normalized spacial score (nSPS) is 11.3. The number of ether oxygens (including phenoxy) is 5. The minimum Gasteiger partial charge on any atom is -0.494 e. The fourth-order valence-corrected chi connectivity index (χ4v) is 7.43. The molecule has 0 aliphatic carbocycles. The number of carbonyl (C=O) groups is 4. The highest BCUT2D eigenvalue weighted by molar-refractivity contribution is 5.75. The van der Waals surface area contributed by atoms with E-state index in [0.29, 0.717) is 124 Å². The van der Waals surface area contributed by atoms with Gasteiger partial charge in [-0.25, -0.2) is 29.5 Å². The molecule has 5 N–H and O–H groups in total. The third kappa shape index (κ3) is 18.7. The molecular weight excluding hydrogens is 1030 g/mol. The smallest absolute Gasteiger partial charge is 0.407 e. The second-order valence-electron chi connectivity index (χ2n) is 19.9. The van der Waals surface area contributed by atoms with Crippen LogP contribution in [0.25, 0.3) is 33.7 Å². The second kappa shape index (κ2) is 27.8. The third-order valence-corrected chi connectivity index (χ3v) is 11.0. The van der Waals surface area contributed by atoms with Gasteiger partial charge < -0.3 is 50.1 Å². The number of alkyl carbamates (subject to hydrolysis) is 2. The molecule has 0 aliphatic rings. The Morgan fingerprint density at radius 2 is 1.01 bits per heavy atom. The molecule has 26 heteroatoms. The van der Waals surface area contributed by atoms with Crippen LogP contribution in [0.2, 0.25) is 0 Å². The number of carboxylic acid groups (broad SMARTS) is 1. The molecular formula is C54H68N16O10. The molecule has 6 aromatic heterocycles. The summed E-state index contributed by atoms with van der Waals surface area (Å²) in [6.07, 6.45) is 15.7. The standard InChI is InChI=1S/C28H36N8O5.C26H32N8O5/c1-5-39-24(37)8-6-15-40-22-11-9-21(10-12-22)36-19-31-23-17-30-26(34-25(23)36)33-20-16-32-35(18-20)14-7-13-29-27(38)41-28(2,3)4;1-26(2,3)39-25(37)27-11-5-12-33-16-18(14-30-33)31-24-28-15-21-23(32-24)34(17-29-21)19-7-9-20(10-8-19)38-13-4-6-22(35)36/h9-12,16-19H,5-8,13-15H2,1-4H3,(H,29,38)(H,30,33,34);7-10,14-17H,4-6,11-13H2,1-3H3,(H,27,37)(H,35,36)(H,28,31,32). The van der Waals surface area contributed by atoms with Crippen molar-refractivity contribution in [1.29, 1.82) is 0 Å². The molecule has 0 unspecified atom stereocenters. The Morgan fingerprint density at radius 1 is 0.575 bits per heavy atom. The van der Waals surface area contributed by atoms with Crippen molar-refractivity contribution in [2.45, 2.75) is 111 Å². The predicted octanol–water partition coefficient (Wildman–Crippen LogP) is 8.31. The summed E-state index contributed by atoms with van der Waals surface area (Å²) in [5.41, 5.74) is 4.69. The predicted molar refractivity (Wildman–Crippen MR) is 296 cm³/mol. The number of aromatic nitrogens is 12. The number of aliphatic carboxylic acids is 1. The van der Waals surface area contributed by atoms with Crippen molar-refractivity contribution in [1.82, 2.24) is 69.2 Å². The van der Waals surface area contributed by atoms with E-state index in [-0.39, 0.29) is 12.4 Å². The number of esters is 1. The van der Waals surface area contributed by atoms with Crippen molar-refractivity contribution < 1.29 is 48.0 Å². The Morgan fingerprint density at radius 3 is 1.43 bits per heavy atom. The first-order valence-electron chi connectivity index (χ1n) is 26.1. The van der Waals surface area contributed by atoms with Crippen LogP contribution >= 0.6 is 0 Å². The number of carbonyl (C=O) groups excluding carboxylic acids is 3. The van der Waals surface area contributed by atoms with Crippen molar-refractivity contribution >= 4 is 69.7 Å². The Balaban J connectivity index is 0.000000231. The van der Waals surface area contributed by atoms with Gasteiger partial charge in [0, 0.05) is 62.8 Å². The highest BCUT2D eigenvalue weighted by atomic mass is 16.6. The Bertz CT molecular complexity index is 3290. The van der Waals surface area contributed by atoms with Gasteiger partial charge in [-0.3, -0.25) is 28.1 Å². The van der Waals surface area contributed by atoms with Crippen LogP contribution in [0.5, 0.6) is 11.5 Å². The first-order valence-corrected chi connectivity index (χ1v) is 26.1. The molecule has 0 saturated heterocycles. The number of aryl methyl sites for hydroxylation is 2. The molecule has 0 saturated carbocycles. The van der Waals surface area contributed by atoms with Gasteiger partial charge in [0.25, 0.3) is 0 Å². The van der Waals surface area contributed by atoms with Crippen LogP contribution in [0, 0.1) is 0 Å². The van der Waals surface area contributed by atoms with Gasteiger partial charge in [0.1, 0.15) is 46.4 Å². The van der Waals surface area contributed by atoms with Gasteiger partial charge in [0.2, 0.25) is 11.9 Å². The summed E-state index contributed by atoms with van der Waals surface area (Å²) < 4.78 is 34.0. The van der Waals surface area contributed by atoms with Crippen molar-refractivity contribution in [3.63, 3.8) is 0 Å². The first-order chi connectivity index (χ1) is 38.4. The lowest BCUT2D eigenvalue weighted by atomic mass is 10.2. The molecule has 0 fully saturated rings. The summed E-state index contributed by atoms with van der Waals surface area (Å²) in [6.45, 7) is 16.1. The van der Waals surface area contributed by atoms with Crippen LogP contribution in [0.1, 0.15) is 87.0 Å². The molecule has 80 heavy (non-hydrogen) atoms. The van der Waals surface area contributed by atoms with E-state index < -0.39 is 29.4 Å². The van der Waals surface area contributed by atoms with Crippen LogP contribution in [0.15, 0.2) is 98.4 Å². The lowest BCUT2D eigenvalue weighted by Gasteiger charge is -2.19. The number of anilines is 4. The van der Waals surface area contributed by atoms with E-state index in [1.165, 1.54) is 0 Å². The van der Waals surface area contributed by atoms with E-state index in [1.54, 1.807) is 53.7 Å². The number of hydrogen-bond acceptors (Lipinski definition) is 19. The van der Waals surface area contributed by atoms with Crippen molar-refractivity contribution in [2.75, 3.05) is 43.5 Å². The summed E-state index contributed by atoms with van der Waals surface area (Å²) in [6, 6.07) is 15.0. The molecule has 8 rings (SSSR count). The summed E-state index contributed by atoms with van der Waals surface area (Å²) in [5.74, 6) is 1.11. The van der Waals surface area contributed by atoms with E-state index in [2.05, 4.69) is 61.4 Å². The van der Waals surface area contributed by atoms with E-state index in [0.717, 1.165) is 22.7 Å². The number of rotatable bonds is 25. The number of benzene rings is 2. The highest BCUT2D eigenvalue weighted by Crippen LogP contribution is 2.24. The SMILES string of the molecule is CC(C)(C)OC(=O)NCCCn1cc(Nc2ncc3ncn(-c4ccc(OCCCC(=O)O)cc4)c3n2)cn1.CCOC(=O)CCCOc1ccc(-n2cnc3cnc(Nc4cnn(CCCNC(=O)OC(C)(C)C)c4)nc32)cc1. The number of nitrogens with one attached hydrogen (secondary N) is 4. The molecule has 8 aromatic rings. The maximum Gasteiger partial charge on any atom is 0.407 e. The van der Waals surface area contributed by atoms with Crippen LogP contribution < -0.4 is 30.7 Å². The maximum atomic E-state index is 11.8. The molecule has 0 atom stereocenters. The largest absolute Gasteiger partial charge is 0.494 e. The Hall–Kier alpha value is -9.36. The molecule has 26 nitrogen and oxygen atoms in total. The molecule has 2 aromatic carbocycles. The monoisotopic (exact) mass is 1100 g/mol. The Kier molecular flexibility index (Phi) is 20.3. The lowest BCUT2D eigenvalue weighted by Crippen LogP contribution is -2.33. The topological polar surface area (TPSA) is 306 Å². The number of imidazole rings is 2. The first kappa shape index (κ1) is 58.3. The number of nitrogens with zero attached hydrogens (tertiary/aromatic N) is 12. The van der Waals surface area contributed by atoms with Crippen LogP contribution in [-0.2, 0) is 36.9 Å². The molecule has 0 radical (unpaired) electrons. The molecule has 0 aliphatic heterocycles. The summed E-state index contributed by atoms with van der Waals surface area (Å²) in [5, 5.41) is 29.3. The maximum absolute atomic E-state index is 11.8. The summed E-state index contributed by atoms with van der Waals surface area (Å²) >= 11 is 0. The number of amides is 2. The van der Waals surface area contributed by atoms with Gasteiger partial charge in [0.15, 0.2) is 11.3 Å². The fourth-order valence-electron chi connectivity index (χ4n) is 7.43. The van der Waals surface area contributed by atoms with Crippen molar-refractivity contribution in [2.24, 2.45) is 0 Å². The fraction of sp³-hybridized carbons (Fsp3) is 0.407. The van der Waals surface area contributed by atoms with Crippen molar-refractivity contribution in [3.05, 3.63) is 98.4 Å². The zero-order valence-corrected chi connectivity index (χ0v) is 45.9. The number of fused-ring (bicyclic) bond motifs is 2. The minimum absolute atomic E-state index is 0.0727. The van der Waals surface area contributed by atoms with E-state index in [4.69, 9.17) is 28.8 Å². The van der Waals surface area contributed by atoms with E-state index in [9.17, 15) is 19.2 Å². The summed E-state index contributed by atoms with van der Waals surface area (Å²) in [4.78, 5) is 72.4. The second-order valence-corrected chi connectivity index (χ2v) is 19.9. The zero-order valence-electron chi connectivity index (χ0n) is 45.9. The molecule has 0 spiro atoms. The van der Waals surface area contributed by atoms with Crippen LogP contribution in [0.4, 0.5) is 32.9 Å². The number of hydrogen-bond donors (Lipinski definition) is 5. The van der Waals surface area contributed by atoms with E-state index >= 15 is 0 Å². The molecule has 424 valence electrons. The highest BCUT2D eigenvalue weighted by Gasteiger charge is 2.18. The van der Waals surface area contributed by atoms with Crippen molar-refractivity contribution in [3.8, 4) is 22.9 Å². The average molecular weight is 1100 g/mol. The third-order valence-electron chi connectivity index (χ3n) is 11.0. The lowest BCUT2D eigenvalue weighted by molar-refractivity contribution is -0.143. The average Bonchev–Trinajstić information content (AvgIpc) is 4.24. The van der Waals surface area contributed by atoms with Gasteiger partial charge >= 0.3 is 24.1 Å². The van der Waals surface area contributed by atoms with Crippen LogP contribution in [0.3, 0.4) is 0 Å². The Labute approximate surface area is 461 Å². The zero-order chi connectivity index (χ0) is 57.1. The molecule has 0 bridgehead atoms. The minimum atomic E-state index is -0.838. The quantitative estimate of drug-likeness (QED) is 0.0204. The number of carboxylic acids is 1. The van der Waals surface area contributed by atoms with Gasteiger partial charge in [-0.1, -0.05) is 0 Å². The van der Waals surface area contributed by atoms with Crippen LogP contribution in [-0.4, -0.2) is 132 Å². The van der Waals surface area contributed by atoms with Gasteiger partial charge in [-0.15, -0.1) is 0 Å². The van der Waals surface area contributed by atoms with Gasteiger partial charge in [-0.2, -0.15) is 20.2 Å².